The number of hydrogen-bond acceptors (Lipinski definition) is 2. The Hall–Kier alpha value is -1.09. The van der Waals surface area contributed by atoms with Gasteiger partial charge in [-0.15, -0.1) is 0 Å². The minimum Gasteiger partial charge on any atom is -0.505 e. The lowest BCUT2D eigenvalue weighted by Gasteiger charge is -2.20. The fourth-order valence-electron chi connectivity index (χ4n) is 1.53. The van der Waals surface area contributed by atoms with E-state index >= 15 is 0 Å². The normalized spacial score (nSPS) is 14.8. The van der Waals surface area contributed by atoms with Crippen LogP contribution in [0.3, 0.4) is 0 Å². The third-order valence-electron chi connectivity index (χ3n) is 3.18. The van der Waals surface area contributed by atoms with E-state index in [4.69, 9.17) is 0 Å². The predicted octanol–water partition coefficient (Wildman–Crippen LogP) is 3.06. The molecule has 0 aliphatic rings. The average molecular weight is 225 g/mol. The van der Waals surface area contributed by atoms with Gasteiger partial charge in [0.25, 0.3) is 0 Å². The third-order valence-corrected chi connectivity index (χ3v) is 3.18. The fraction of sp³-hybridized carbons (Fsp3) is 0.538. The second kappa shape index (κ2) is 5.85. The summed E-state index contributed by atoms with van der Waals surface area (Å²) in [5.41, 5.74) is 0.607. The first kappa shape index (κ1) is 13.0. The van der Waals surface area contributed by atoms with E-state index in [9.17, 15) is 9.50 Å². The maximum Gasteiger partial charge on any atom is 0.165 e. The molecule has 0 bridgehead atoms. The summed E-state index contributed by atoms with van der Waals surface area (Å²) in [6, 6.07) is 4.96. The lowest BCUT2D eigenvalue weighted by molar-refractivity contribution is 0.380. The second-order valence-electron chi connectivity index (χ2n) is 4.30. The van der Waals surface area contributed by atoms with Crippen LogP contribution in [0.5, 0.6) is 5.75 Å². The van der Waals surface area contributed by atoms with E-state index in [1.54, 1.807) is 12.1 Å². The zero-order chi connectivity index (χ0) is 12.1. The summed E-state index contributed by atoms with van der Waals surface area (Å²) in [6.07, 6.45) is 1.10. The Labute approximate surface area is 96.5 Å². The summed E-state index contributed by atoms with van der Waals surface area (Å²) >= 11 is 0. The van der Waals surface area contributed by atoms with Crippen molar-refractivity contribution in [3.8, 4) is 5.75 Å². The van der Waals surface area contributed by atoms with Gasteiger partial charge in [0.15, 0.2) is 11.6 Å². The molecule has 0 aromatic heterocycles. The quantitative estimate of drug-likeness (QED) is 0.807. The molecule has 2 atom stereocenters. The molecule has 3 heteroatoms. The van der Waals surface area contributed by atoms with E-state index in [1.165, 1.54) is 6.07 Å². The molecule has 2 nitrogen and oxygen atoms in total. The van der Waals surface area contributed by atoms with Crippen LogP contribution in [0.4, 0.5) is 4.39 Å². The van der Waals surface area contributed by atoms with Crippen molar-refractivity contribution in [2.24, 2.45) is 5.92 Å². The van der Waals surface area contributed by atoms with E-state index < -0.39 is 5.82 Å². The number of para-hydroxylation sites is 1. The molecular weight excluding hydrogens is 205 g/mol. The van der Waals surface area contributed by atoms with Crippen LogP contribution in [0.2, 0.25) is 0 Å². The van der Waals surface area contributed by atoms with Crippen LogP contribution < -0.4 is 5.32 Å². The zero-order valence-corrected chi connectivity index (χ0v) is 10.1. The van der Waals surface area contributed by atoms with Gasteiger partial charge in [-0.2, -0.15) is 0 Å². The van der Waals surface area contributed by atoms with Crippen LogP contribution in [0, 0.1) is 11.7 Å². The highest BCUT2D eigenvalue weighted by molar-refractivity contribution is 5.33. The molecule has 0 spiro atoms. The van der Waals surface area contributed by atoms with Crippen molar-refractivity contribution in [2.45, 2.75) is 39.8 Å². The van der Waals surface area contributed by atoms with Gasteiger partial charge in [0.05, 0.1) is 0 Å². The van der Waals surface area contributed by atoms with Crippen molar-refractivity contribution in [1.82, 2.24) is 5.32 Å². The molecule has 90 valence electrons. The van der Waals surface area contributed by atoms with E-state index in [0.29, 0.717) is 24.1 Å². The molecule has 0 fully saturated rings. The fourth-order valence-corrected chi connectivity index (χ4v) is 1.53. The average Bonchev–Trinajstić information content (AvgIpc) is 2.29. The first-order valence-corrected chi connectivity index (χ1v) is 5.76. The van der Waals surface area contributed by atoms with E-state index in [1.807, 2.05) is 0 Å². The molecule has 2 unspecified atom stereocenters. The van der Waals surface area contributed by atoms with Gasteiger partial charge in [-0.25, -0.2) is 4.39 Å². The van der Waals surface area contributed by atoms with Crippen LogP contribution in [-0.4, -0.2) is 11.1 Å². The van der Waals surface area contributed by atoms with Crippen LogP contribution >= 0.6 is 0 Å². The number of nitrogens with one attached hydrogen (secondary N) is 1. The first-order valence-electron chi connectivity index (χ1n) is 5.76. The number of halogens is 1. The molecule has 0 saturated heterocycles. The van der Waals surface area contributed by atoms with Crippen LogP contribution in [0.1, 0.15) is 32.8 Å². The summed E-state index contributed by atoms with van der Waals surface area (Å²) in [7, 11) is 0. The molecule has 1 aromatic rings. The van der Waals surface area contributed by atoms with Crippen molar-refractivity contribution < 1.29 is 9.50 Å². The first-order chi connectivity index (χ1) is 7.56. The predicted molar refractivity (Wildman–Crippen MR) is 63.8 cm³/mol. The smallest absolute Gasteiger partial charge is 0.165 e. The molecule has 0 heterocycles. The Morgan fingerprint density at radius 3 is 2.69 bits per heavy atom. The van der Waals surface area contributed by atoms with Crippen LogP contribution in [0.25, 0.3) is 0 Å². The lowest BCUT2D eigenvalue weighted by atomic mass is 10.0. The highest BCUT2D eigenvalue weighted by Crippen LogP contribution is 2.20. The van der Waals surface area contributed by atoms with Crippen LogP contribution in [0.15, 0.2) is 18.2 Å². The third kappa shape index (κ3) is 3.20. The Morgan fingerprint density at radius 2 is 2.06 bits per heavy atom. The number of phenols is 1. The number of hydrogen-bond donors (Lipinski definition) is 2. The molecule has 0 aliphatic carbocycles. The SMILES string of the molecule is CCC(C)C(C)NCc1cccc(F)c1O. The van der Waals surface area contributed by atoms with E-state index in [-0.39, 0.29) is 5.75 Å². The summed E-state index contributed by atoms with van der Waals surface area (Å²) in [5, 5.41) is 12.8. The van der Waals surface area contributed by atoms with Gasteiger partial charge in [0.1, 0.15) is 0 Å². The molecule has 0 radical (unpaired) electrons. The van der Waals surface area contributed by atoms with Crippen molar-refractivity contribution in [3.05, 3.63) is 29.6 Å². The van der Waals surface area contributed by atoms with Crippen molar-refractivity contribution in [3.63, 3.8) is 0 Å². The molecule has 1 rings (SSSR count). The van der Waals surface area contributed by atoms with Gasteiger partial charge >= 0.3 is 0 Å². The van der Waals surface area contributed by atoms with Gasteiger partial charge in [-0.1, -0.05) is 32.4 Å². The van der Waals surface area contributed by atoms with Crippen LogP contribution in [-0.2, 0) is 6.54 Å². The summed E-state index contributed by atoms with van der Waals surface area (Å²) in [6.45, 7) is 6.91. The van der Waals surface area contributed by atoms with Gasteiger partial charge in [0.2, 0.25) is 0 Å². The standard InChI is InChI=1S/C13H20FNO/c1-4-9(2)10(3)15-8-11-6-5-7-12(14)13(11)16/h5-7,9-10,15-16H,4,8H2,1-3H3. The Morgan fingerprint density at radius 1 is 1.38 bits per heavy atom. The number of phenolic OH excluding ortho intramolecular Hbond substituents is 1. The molecular formula is C13H20FNO. The zero-order valence-electron chi connectivity index (χ0n) is 10.1. The van der Waals surface area contributed by atoms with Gasteiger partial charge in [-0.05, 0) is 18.9 Å². The van der Waals surface area contributed by atoms with Gasteiger partial charge < -0.3 is 10.4 Å². The molecule has 0 aliphatic heterocycles. The van der Waals surface area contributed by atoms with Crippen molar-refractivity contribution in [1.29, 1.82) is 0 Å². The Balaban J connectivity index is 2.58. The number of benzene rings is 1. The summed E-state index contributed by atoms with van der Waals surface area (Å²) in [5.74, 6) is -0.238. The minimum atomic E-state index is -0.560. The molecule has 2 N–H and O–H groups in total. The maximum absolute atomic E-state index is 13.1. The van der Waals surface area contributed by atoms with Crippen molar-refractivity contribution in [2.75, 3.05) is 0 Å². The summed E-state index contributed by atoms with van der Waals surface area (Å²) < 4.78 is 13.1. The number of aromatic hydroxyl groups is 1. The van der Waals surface area contributed by atoms with Gasteiger partial charge in [0, 0.05) is 18.2 Å². The summed E-state index contributed by atoms with van der Waals surface area (Å²) in [4.78, 5) is 0. The molecule has 1 aromatic carbocycles. The lowest BCUT2D eigenvalue weighted by Crippen LogP contribution is -2.31. The Bertz CT molecular complexity index is 341. The number of rotatable bonds is 5. The topological polar surface area (TPSA) is 32.3 Å². The maximum atomic E-state index is 13.1. The molecule has 0 amide bonds. The largest absolute Gasteiger partial charge is 0.505 e. The van der Waals surface area contributed by atoms with E-state index in [2.05, 4.69) is 26.1 Å². The minimum absolute atomic E-state index is 0.244. The molecule has 0 saturated carbocycles. The monoisotopic (exact) mass is 225 g/mol. The van der Waals surface area contributed by atoms with E-state index in [0.717, 1.165) is 6.42 Å². The Kier molecular flexibility index (Phi) is 4.74. The van der Waals surface area contributed by atoms with Crippen molar-refractivity contribution >= 4 is 0 Å². The highest BCUT2D eigenvalue weighted by Gasteiger charge is 2.11. The highest BCUT2D eigenvalue weighted by atomic mass is 19.1. The molecule has 16 heavy (non-hydrogen) atoms. The van der Waals surface area contributed by atoms with Gasteiger partial charge in [-0.3, -0.25) is 0 Å². The second-order valence-corrected chi connectivity index (χ2v) is 4.30.